The predicted octanol–water partition coefficient (Wildman–Crippen LogP) is 4.56. The van der Waals surface area contributed by atoms with Gasteiger partial charge in [-0.25, -0.2) is 14.5 Å². The minimum absolute atomic E-state index is 0.186. The second-order valence-electron chi connectivity index (χ2n) is 7.35. The van der Waals surface area contributed by atoms with E-state index in [1.807, 2.05) is 41.9 Å². The zero-order chi connectivity index (χ0) is 18.3. The van der Waals surface area contributed by atoms with Gasteiger partial charge in [0.1, 0.15) is 6.61 Å². The van der Waals surface area contributed by atoms with Gasteiger partial charge in [0, 0.05) is 17.7 Å². The Kier molecular flexibility index (Phi) is 4.23. The van der Waals surface area contributed by atoms with E-state index < -0.39 is 0 Å². The lowest BCUT2D eigenvalue weighted by Gasteiger charge is -2.10. The lowest BCUT2D eigenvalue weighted by Crippen LogP contribution is -2.09. The average Bonchev–Trinajstić information content (AvgIpc) is 3.37. The average molecular weight is 349 g/mol. The zero-order valence-corrected chi connectivity index (χ0v) is 15.4. The number of hydrogen-bond acceptors (Lipinski definition) is 4. The topological polar surface area (TPSA) is 57.0 Å². The van der Waals surface area contributed by atoms with Crippen LogP contribution in [0.15, 0.2) is 36.5 Å². The summed E-state index contributed by atoms with van der Waals surface area (Å²) in [6.07, 6.45) is 3.99. The molecule has 0 radical (unpaired) electrons. The largest absolute Gasteiger partial charge is 0.457 e. The minimum Gasteiger partial charge on any atom is -0.457 e. The molecule has 5 heteroatoms. The minimum atomic E-state index is -0.316. The van der Waals surface area contributed by atoms with Crippen LogP contribution >= 0.6 is 0 Å². The second-order valence-corrected chi connectivity index (χ2v) is 7.35. The van der Waals surface area contributed by atoms with E-state index in [-0.39, 0.29) is 18.6 Å². The fourth-order valence-electron chi connectivity index (χ4n) is 3.20. The maximum atomic E-state index is 12.8. The summed E-state index contributed by atoms with van der Waals surface area (Å²) in [7, 11) is 0. The number of pyridine rings is 1. The Bertz CT molecular complexity index is 971. The summed E-state index contributed by atoms with van der Waals surface area (Å²) < 4.78 is 7.47. The Morgan fingerprint density at radius 3 is 2.81 bits per heavy atom. The van der Waals surface area contributed by atoms with Crippen molar-refractivity contribution in [3.63, 3.8) is 0 Å². The smallest absolute Gasteiger partial charge is 0.339 e. The van der Waals surface area contributed by atoms with Crippen molar-refractivity contribution in [3.8, 4) is 0 Å². The number of hydrogen-bond donors (Lipinski definition) is 0. The molecule has 0 spiro atoms. The number of ether oxygens (including phenoxy) is 1. The maximum absolute atomic E-state index is 12.8. The molecule has 1 aliphatic carbocycles. The van der Waals surface area contributed by atoms with Gasteiger partial charge in [0.15, 0.2) is 5.65 Å². The Labute approximate surface area is 153 Å². The van der Waals surface area contributed by atoms with Crippen molar-refractivity contribution >= 4 is 17.0 Å². The highest BCUT2D eigenvalue weighted by Gasteiger charge is 2.28. The van der Waals surface area contributed by atoms with Gasteiger partial charge >= 0.3 is 5.97 Å². The van der Waals surface area contributed by atoms with E-state index >= 15 is 0 Å². The number of carbonyl (C=O) groups excluding carboxylic acids is 1. The van der Waals surface area contributed by atoms with Crippen molar-refractivity contribution in [2.45, 2.75) is 52.2 Å². The van der Waals surface area contributed by atoms with Crippen molar-refractivity contribution in [2.24, 2.45) is 0 Å². The summed E-state index contributed by atoms with van der Waals surface area (Å²) in [5.41, 5.74) is 4.45. The Morgan fingerprint density at radius 2 is 2.12 bits per heavy atom. The highest BCUT2D eigenvalue weighted by molar-refractivity contribution is 6.02. The van der Waals surface area contributed by atoms with Crippen LogP contribution in [0.3, 0.4) is 0 Å². The summed E-state index contributed by atoms with van der Waals surface area (Å²) in [6.45, 7) is 6.42. The zero-order valence-electron chi connectivity index (χ0n) is 15.4. The molecule has 0 amide bonds. The van der Waals surface area contributed by atoms with Gasteiger partial charge in [-0.15, -0.1) is 0 Å². The Balaban J connectivity index is 1.67. The van der Waals surface area contributed by atoms with E-state index in [2.05, 4.69) is 18.9 Å². The lowest BCUT2D eigenvalue weighted by atomic mass is 10.1. The third-order valence-corrected chi connectivity index (χ3v) is 4.74. The highest BCUT2D eigenvalue weighted by atomic mass is 16.5. The summed E-state index contributed by atoms with van der Waals surface area (Å²) in [5, 5.41) is 5.20. The molecule has 26 heavy (non-hydrogen) atoms. The van der Waals surface area contributed by atoms with Gasteiger partial charge in [0.2, 0.25) is 0 Å². The summed E-state index contributed by atoms with van der Waals surface area (Å²) in [5.74, 6) is 0.141. The van der Waals surface area contributed by atoms with Crippen LogP contribution in [0.5, 0.6) is 0 Å². The van der Waals surface area contributed by atoms with Gasteiger partial charge in [-0.3, -0.25) is 0 Å². The molecule has 0 unspecified atom stereocenters. The van der Waals surface area contributed by atoms with E-state index in [1.165, 1.54) is 0 Å². The summed E-state index contributed by atoms with van der Waals surface area (Å²) >= 11 is 0. The van der Waals surface area contributed by atoms with Crippen LogP contribution in [0.25, 0.3) is 11.0 Å². The van der Waals surface area contributed by atoms with Crippen LogP contribution < -0.4 is 0 Å². The molecular weight excluding hydrogens is 326 g/mol. The van der Waals surface area contributed by atoms with Gasteiger partial charge in [-0.1, -0.05) is 29.8 Å². The number of rotatable bonds is 5. The van der Waals surface area contributed by atoms with Gasteiger partial charge in [-0.2, -0.15) is 5.10 Å². The number of aromatic nitrogens is 3. The second kappa shape index (κ2) is 6.56. The van der Waals surface area contributed by atoms with Gasteiger partial charge in [0.05, 0.1) is 17.1 Å². The third-order valence-electron chi connectivity index (χ3n) is 4.74. The Morgan fingerprint density at radius 1 is 1.31 bits per heavy atom. The van der Waals surface area contributed by atoms with Gasteiger partial charge < -0.3 is 4.74 Å². The van der Waals surface area contributed by atoms with Crippen molar-refractivity contribution in [1.82, 2.24) is 14.8 Å². The molecule has 2 aromatic heterocycles. The van der Waals surface area contributed by atoms with Crippen molar-refractivity contribution in [3.05, 3.63) is 58.9 Å². The predicted molar refractivity (Wildman–Crippen MR) is 100 cm³/mol. The third kappa shape index (κ3) is 3.21. The van der Waals surface area contributed by atoms with E-state index in [1.54, 1.807) is 6.20 Å². The van der Waals surface area contributed by atoms with Crippen LogP contribution in [0.1, 0.15) is 65.8 Å². The van der Waals surface area contributed by atoms with Crippen molar-refractivity contribution < 1.29 is 9.53 Å². The van der Waals surface area contributed by atoms with Crippen LogP contribution in [-0.2, 0) is 11.3 Å². The molecule has 1 aliphatic rings. The van der Waals surface area contributed by atoms with E-state index in [0.29, 0.717) is 11.5 Å². The fourth-order valence-corrected chi connectivity index (χ4v) is 3.20. The number of benzene rings is 1. The lowest BCUT2D eigenvalue weighted by molar-refractivity contribution is 0.0475. The quantitative estimate of drug-likeness (QED) is 0.634. The molecule has 0 N–H and O–H groups in total. The van der Waals surface area contributed by atoms with E-state index in [9.17, 15) is 4.79 Å². The molecule has 3 aromatic rings. The number of nitrogens with zero attached hydrogens (tertiary/aromatic N) is 3. The van der Waals surface area contributed by atoms with Crippen LogP contribution in [0, 0.1) is 6.92 Å². The molecule has 0 aliphatic heterocycles. The highest BCUT2D eigenvalue weighted by Crippen LogP contribution is 2.40. The molecule has 0 atom stereocenters. The first-order chi connectivity index (χ1) is 12.5. The number of esters is 1. The first-order valence-corrected chi connectivity index (χ1v) is 9.13. The molecule has 2 heterocycles. The SMILES string of the molecule is Cc1cccc(COC(=O)c2cc(C3CC3)nc3c2cnn3C(C)C)c1. The van der Waals surface area contributed by atoms with Crippen LogP contribution in [0.4, 0.5) is 0 Å². The number of fused-ring (bicyclic) bond motifs is 1. The van der Waals surface area contributed by atoms with Gasteiger partial charge in [0.25, 0.3) is 0 Å². The molecule has 1 fully saturated rings. The first-order valence-electron chi connectivity index (χ1n) is 9.13. The van der Waals surface area contributed by atoms with E-state index in [4.69, 9.17) is 9.72 Å². The molecule has 0 saturated heterocycles. The van der Waals surface area contributed by atoms with E-state index in [0.717, 1.165) is 40.7 Å². The number of aryl methyl sites for hydroxylation is 1. The molecule has 4 rings (SSSR count). The van der Waals surface area contributed by atoms with Crippen LogP contribution in [0.2, 0.25) is 0 Å². The fraction of sp³-hybridized carbons (Fsp3) is 0.381. The molecule has 1 aromatic carbocycles. The summed E-state index contributed by atoms with van der Waals surface area (Å²) in [6, 6.07) is 10.1. The molecule has 0 bridgehead atoms. The molecule has 1 saturated carbocycles. The van der Waals surface area contributed by atoms with Gasteiger partial charge in [-0.05, 0) is 45.2 Å². The standard InChI is InChI=1S/C21H23N3O2/c1-13(2)24-20-18(11-22-24)17(10-19(23-20)16-7-8-16)21(25)26-12-15-6-4-5-14(3)9-15/h4-6,9-11,13,16H,7-8,12H2,1-3H3. The normalized spacial score (nSPS) is 14.2. The first kappa shape index (κ1) is 16.8. The monoisotopic (exact) mass is 349 g/mol. The molecular formula is C21H23N3O2. The maximum Gasteiger partial charge on any atom is 0.339 e. The van der Waals surface area contributed by atoms with Crippen molar-refractivity contribution in [1.29, 1.82) is 0 Å². The van der Waals surface area contributed by atoms with Crippen molar-refractivity contribution in [2.75, 3.05) is 0 Å². The molecule has 5 nitrogen and oxygen atoms in total. The number of carbonyl (C=O) groups is 1. The summed E-state index contributed by atoms with van der Waals surface area (Å²) in [4.78, 5) is 17.6. The molecule has 134 valence electrons. The van der Waals surface area contributed by atoms with Crippen LogP contribution in [-0.4, -0.2) is 20.7 Å². The Hall–Kier alpha value is -2.69.